The molecule has 0 atom stereocenters. The van der Waals surface area contributed by atoms with Crippen molar-refractivity contribution in [2.24, 2.45) is 0 Å². The van der Waals surface area contributed by atoms with Crippen LogP contribution in [0.3, 0.4) is 0 Å². The molecule has 0 aliphatic carbocycles. The Labute approximate surface area is 149 Å². The van der Waals surface area contributed by atoms with Crippen LogP contribution in [0.5, 0.6) is 0 Å². The molecule has 3 rings (SSSR count). The number of hydrogen-bond donors (Lipinski definition) is 1. The number of amides is 1. The average molecular weight is 364 g/mol. The Hall–Kier alpha value is -2.08. The number of nitrogens with one attached hydrogen (secondary N) is 1. The molecule has 1 heterocycles. The van der Waals surface area contributed by atoms with E-state index in [9.17, 15) is 4.79 Å². The number of hydroxylamine groups is 1. The van der Waals surface area contributed by atoms with Gasteiger partial charge in [0.2, 0.25) is 0 Å². The van der Waals surface area contributed by atoms with Crippen molar-refractivity contribution in [2.45, 2.75) is 13.5 Å². The van der Waals surface area contributed by atoms with E-state index in [0.717, 1.165) is 22.0 Å². The molecule has 7 heteroatoms. The second-order valence-electron chi connectivity index (χ2n) is 5.40. The van der Waals surface area contributed by atoms with Crippen molar-refractivity contribution in [2.75, 3.05) is 7.11 Å². The average Bonchev–Trinajstić information content (AvgIpc) is 2.88. The second kappa shape index (κ2) is 6.81. The zero-order valence-corrected chi connectivity index (χ0v) is 14.6. The first kappa shape index (κ1) is 16.8. The number of rotatable bonds is 4. The number of fused-ring (bicyclic) bond motifs is 1. The number of carbonyl (C=O) groups excluding carboxylic acids is 1. The molecule has 1 amide bonds. The minimum atomic E-state index is -0.394. The number of nitrogens with zero attached hydrogens (tertiary/aromatic N) is 2. The van der Waals surface area contributed by atoms with Gasteiger partial charge < -0.3 is 0 Å². The van der Waals surface area contributed by atoms with Crippen LogP contribution in [0.4, 0.5) is 0 Å². The number of aromatic nitrogens is 2. The highest BCUT2D eigenvalue weighted by Gasteiger charge is 2.18. The van der Waals surface area contributed by atoms with Crippen LogP contribution in [0.2, 0.25) is 10.0 Å². The standard InChI is InChI=1S/C17H15Cl2N3O2/c1-10-3-6-15-13(7-10)16(17(23)21-24-2)20-22(15)9-11-4-5-12(18)8-14(11)19/h3-8H,9H2,1-2H3,(H,21,23). The van der Waals surface area contributed by atoms with Crippen molar-refractivity contribution in [1.82, 2.24) is 15.3 Å². The quantitative estimate of drug-likeness (QED) is 0.713. The van der Waals surface area contributed by atoms with E-state index < -0.39 is 5.91 Å². The summed E-state index contributed by atoms with van der Waals surface area (Å²) in [6, 6.07) is 11.1. The lowest BCUT2D eigenvalue weighted by Gasteiger charge is -2.06. The Morgan fingerprint density at radius 3 is 2.75 bits per heavy atom. The SMILES string of the molecule is CONC(=O)c1nn(Cc2ccc(Cl)cc2Cl)c2ccc(C)cc12. The first-order valence-corrected chi connectivity index (χ1v) is 7.99. The van der Waals surface area contributed by atoms with Crippen molar-refractivity contribution in [3.8, 4) is 0 Å². The zero-order chi connectivity index (χ0) is 17.3. The third kappa shape index (κ3) is 3.24. The normalized spacial score (nSPS) is 11.0. The summed E-state index contributed by atoms with van der Waals surface area (Å²) in [5.74, 6) is -0.394. The van der Waals surface area contributed by atoms with E-state index in [1.54, 1.807) is 16.8 Å². The van der Waals surface area contributed by atoms with E-state index in [4.69, 9.17) is 28.0 Å². The summed E-state index contributed by atoms with van der Waals surface area (Å²) in [5.41, 5.74) is 5.36. The maximum atomic E-state index is 12.2. The third-order valence-corrected chi connectivity index (χ3v) is 4.24. The lowest BCUT2D eigenvalue weighted by molar-refractivity contribution is 0.0533. The predicted octanol–water partition coefficient (Wildman–Crippen LogP) is 3.99. The molecular formula is C17H15Cl2N3O2. The van der Waals surface area contributed by atoms with Crippen LogP contribution < -0.4 is 5.48 Å². The summed E-state index contributed by atoms with van der Waals surface area (Å²) in [6.45, 7) is 2.39. The predicted molar refractivity (Wildman–Crippen MR) is 94.5 cm³/mol. The van der Waals surface area contributed by atoms with Gasteiger partial charge in [0.05, 0.1) is 19.2 Å². The van der Waals surface area contributed by atoms with Gasteiger partial charge in [-0.1, -0.05) is 40.9 Å². The molecule has 3 aromatic rings. The summed E-state index contributed by atoms with van der Waals surface area (Å²) >= 11 is 12.2. The van der Waals surface area contributed by atoms with E-state index in [2.05, 4.69) is 10.6 Å². The van der Waals surface area contributed by atoms with Crippen LogP contribution in [0.1, 0.15) is 21.6 Å². The smallest absolute Gasteiger partial charge is 0.277 e. The highest BCUT2D eigenvalue weighted by atomic mass is 35.5. The van der Waals surface area contributed by atoms with E-state index in [1.807, 2.05) is 31.2 Å². The summed E-state index contributed by atoms with van der Waals surface area (Å²) < 4.78 is 1.74. The van der Waals surface area contributed by atoms with Crippen molar-refractivity contribution in [3.63, 3.8) is 0 Å². The molecule has 0 aliphatic heterocycles. The molecule has 0 bridgehead atoms. The van der Waals surface area contributed by atoms with Crippen LogP contribution in [0.15, 0.2) is 36.4 Å². The summed E-state index contributed by atoms with van der Waals surface area (Å²) in [4.78, 5) is 16.9. The minimum Gasteiger partial charge on any atom is -0.277 e. The van der Waals surface area contributed by atoms with Gasteiger partial charge in [-0.3, -0.25) is 14.3 Å². The van der Waals surface area contributed by atoms with Crippen LogP contribution >= 0.6 is 23.2 Å². The van der Waals surface area contributed by atoms with Crippen molar-refractivity contribution in [3.05, 3.63) is 63.3 Å². The van der Waals surface area contributed by atoms with Gasteiger partial charge in [-0.15, -0.1) is 0 Å². The fourth-order valence-electron chi connectivity index (χ4n) is 2.53. The lowest BCUT2D eigenvalue weighted by atomic mass is 10.1. The van der Waals surface area contributed by atoms with Gasteiger partial charge >= 0.3 is 0 Å². The number of halogens is 2. The number of aryl methyl sites for hydroxylation is 1. The molecule has 2 aromatic carbocycles. The zero-order valence-electron chi connectivity index (χ0n) is 13.1. The Morgan fingerprint density at radius 1 is 1.25 bits per heavy atom. The largest absolute Gasteiger partial charge is 0.295 e. The highest BCUT2D eigenvalue weighted by Crippen LogP contribution is 2.25. The molecule has 0 radical (unpaired) electrons. The van der Waals surface area contributed by atoms with Crippen molar-refractivity contribution >= 4 is 40.0 Å². The van der Waals surface area contributed by atoms with Crippen molar-refractivity contribution < 1.29 is 9.63 Å². The van der Waals surface area contributed by atoms with Crippen LogP contribution in [-0.4, -0.2) is 22.8 Å². The summed E-state index contributed by atoms with van der Waals surface area (Å²) in [7, 11) is 1.38. The minimum absolute atomic E-state index is 0.306. The van der Waals surface area contributed by atoms with Gasteiger partial charge in [-0.05, 0) is 36.8 Å². The van der Waals surface area contributed by atoms with Crippen molar-refractivity contribution in [1.29, 1.82) is 0 Å². The van der Waals surface area contributed by atoms with Crippen LogP contribution in [-0.2, 0) is 11.4 Å². The van der Waals surface area contributed by atoms with Gasteiger partial charge in [0, 0.05) is 15.4 Å². The molecule has 0 saturated heterocycles. The van der Waals surface area contributed by atoms with E-state index >= 15 is 0 Å². The molecule has 0 aliphatic rings. The second-order valence-corrected chi connectivity index (χ2v) is 6.24. The number of carbonyl (C=O) groups is 1. The fraction of sp³-hybridized carbons (Fsp3) is 0.176. The Kier molecular flexibility index (Phi) is 4.76. The third-order valence-electron chi connectivity index (χ3n) is 3.65. The van der Waals surface area contributed by atoms with Gasteiger partial charge in [-0.25, -0.2) is 5.48 Å². The Morgan fingerprint density at radius 2 is 2.04 bits per heavy atom. The molecule has 0 spiro atoms. The van der Waals surface area contributed by atoms with E-state index in [-0.39, 0.29) is 0 Å². The first-order chi connectivity index (χ1) is 11.5. The summed E-state index contributed by atoms with van der Waals surface area (Å²) in [5, 5.41) is 6.33. The fourth-order valence-corrected chi connectivity index (χ4v) is 3.00. The van der Waals surface area contributed by atoms with Gasteiger partial charge in [0.15, 0.2) is 5.69 Å². The van der Waals surface area contributed by atoms with Crippen LogP contribution in [0, 0.1) is 6.92 Å². The highest BCUT2D eigenvalue weighted by molar-refractivity contribution is 6.35. The number of hydrogen-bond acceptors (Lipinski definition) is 3. The van der Waals surface area contributed by atoms with Gasteiger partial charge in [0.25, 0.3) is 5.91 Å². The molecule has 0 fully saturated rings. The lowest BCUT2D eigenvalue weighted by Crippen LogP contribution is -2.22. The molecule has 0 unspecified atom stereocenters. The van der Waals surface area contributed by atoms with E-state index in [0.29, 0.717) is 22.3 Å². The van der Waals surface area contributed by atoms with E-state index in [1.165, 1.54) is 7.11 Å². The molecule has 1 aromatic heterocycles. The maximum Gasteiger partial charge on any atom is 0.295 e. The van der Waals surface area contributed by atoms with Gasteiger partial charge in [-0.2, -0.15) is 5.10 Å². The topological polar surface area (TPSA) is 56.1 Å². The van der Waals surface area contributed by atoms with Crippen LogP contribution in [0.25, 0.3) is 10.9 Å². The maximum absolute atomic E-state index is 12.2. The molecule has 5 nitrogen and oxygen atoms in total. The molecule has 124 valence electrons. The first-order valence-electron chi connectivity index (χ1n) is 7.24. The summed E-state index contributed by atoms with van der Waals surface area (Å²) in [6.07, 6.45) is 0. The number of benzene rings is 2. The Bertz CT molecular complexity index is 922. The van der Waals surface area contributed by atoms with Gasteiger partial charge in [0.1, 0.15) is 0 Å². The molecule has 1 N–H and O–H groups in total. The molecule has 0 saturated carbocycles. The Balaban J connectivity index is 2.09. The molecular weight excluding hydrogens is 349 g/mol. The molecule has 24 heavy (non-hydrogen) atoms. The monoisotopic (exact) mass is 363 g/mol.